The van der Waals surface area contributed by atoms with Gasteiger partial charge in [0.25, 0.3) is 0 Å². The summed E-state index contributed by atoms with van der Waals surface area (Å²) in [6.07, 6.45) is 6.01. The normalized spacial score (nSPS) is 17.4. The van der Waals surface area contributed by atoms with Crippen LogP contribution in [0.15, 0.2) is 30.7 Å². The van der Waals surface area contributed by atoms with Crippen molar-refractivity contribution in [2.45, 2.75) is 19.4 Å². The zero-order valence-corrected chi connectivity index (χ0v) is 14.2. The molecule has 0 spiro atoms. The predicted octanol–water partition coefficient (Wildman–Crippen LogP) is 2.11. The van der Waals surface area contributed by atoms with Crippen molar-refractivity contribution >= 4 is 11.6 Å². The molecule has 25 heavy (non-hydrogen) atoms. The highest BCUT2D eigenvalue weighted by Crippen LogP contribution is 2.29. The zero-order valence-electron chi connectivity index (χ0n) is 14.2. The molecule has 7 heteroatoms. The molecule has 2 aliphatic rings. The van der Waals surface area contributed by atoms with E-state index < -0.39 is 0 Å². The van der Waals surface area contributed by atoms with Gasteiger partial charge in [0.1, 0.15) is 18.0 Å². The topological polar surface area (TPSA) is 72.4 Å². The number of nitrogens with one attached hydrogen (secondary N) is 1. The largest absolute Gasteiger partial charge is 0.477 e. The maximum Gasteiger partial charge on any atom is 0.213 e. The lowest BCUT2D eigenvalue weighted by Gasteiger charge is -2.27. The molecule has 0 radical (unpaired) electrons. The lowest BCUT2D eigenvalue weighted by Crippen LogP contribution is -2.36. The minimum absolute atomic E-state index is 0.662. The van der Waals surface area contributed by atoms with E-state index in [2.05, 4.69) is 25.2 Å². The molecular formula is C18H23N5O2. The van der Waals surface area contributed by atoms with Crippen LogP contribution in [0, 0.1) is 5.92 Å². The van der Waals surface area contributed by atoms with Gasteiger partial charge in [-0.1, -0.05) is 6.07 Å². The van der Waals surface area contributed by atoms with Crippen LogP contribution in [0.3, 0.4) is 0 Å². The van der Waals surface area contributed by atoms with Gasteiger partial charge in [0.05, 0.1) is 19.8 Å². The van der Waals surface area contributed by atoms with Crippen molar-refractivity contribution in [2.75, 3.05) is 43.1 Å². The van der Waals surface area contributed by atoms with Gasteiger partial charge >= 0.3 is 0 Å². The van der Waals surface area contributed by atoms with E-state index in [0.29, 0.717) is 12.4 Å². The van der Waals surface area contributed by atoms with Gasteiger partial charge in [0.2, 0.25) is 5.88 Å². The highest BCUT2D eigenvalue weighted by atomic mass is 16.5. The van der Waals surface area contributed by atoms with Gasteiger partial charge in [0, 0.05) is 38.0 Å². The third-order valence-electron chi connectivity index (χ3n) is 4.42. The molecule has 2 aromatic heterocycles. The molecule has 4 rings (SSSR count). The van der Waals surface area contributed by atoms with E-state index in [9.17, 15) is 0 Å². The van der Waals surface area contributed by atoms with Gasteiger partial charge in [-0.25, -0.2) is 15.0 Å². The molecule has 7 nitrogen and oxygen atoms in total. The molecule has 1 saturated heterocycles. The fraction of sp³-hybridized carbons (Fsp3) is 0.500. The molecule has 2 fully saturated rings. The third kappa shape index (κ3) is 4.57. The van der Waals surface area contributed by atoms with Crippen LogP contribution in [0.25, 0.3) is 0 Å². The predicted molar refractivity (Wildman–Crippen MR) is 94.8 cm³/mol. The summed E-state index contributed by atoms with van der Waals surface area (Å²) >= 11 is 0. The van der Waals surface area contributed by atoms with Crippen molar-refractivity contribution in [1.29, 1.82) is 0 Å². The molecule has 0 amide bonds. The smallest absolute Gasteiger partial charge is 0.213 e. The average Bonchev–Trinajstić information content (AvgIpc) is 3.51. The Morgan fingerprint density at radius 2 is 2.04 bits per heavy atom. The number of pyridine rings is 1. The first-order valence-corrected chi connectivity index (χ1v) is 8.83. The Morgan fingerprint density at radius 3 is 2.80 bits per heavy atom. The molecule has 1 saturated carbocycles. The molecule has 0 bridgehead atoms. The SMILES string of the molecule is c1nc(NCc2ccc(OCC3CC3)nc2)cc(N2CCOCC2)n1. The summed E-state index contributed by atoms with van der Waals surface area (Å²) in [6.45, 7) is 4.66. The van der Waals surface area contributed by atoms with Crippen LogP contribution < -0.4 is 15.0 Å². The van der Waals surface area contributed by atoms with E-state index in [1.165, 1.54) is 12.8 Å². The van der Waals surface area contributed by atoms with Crippen LogP contribution in [0.1, 0.15) is 18.4 Å². The number of hydrogen-bond donors (Lipinski definition) is 1. The molecule has 1 aliphatic heterocycles. The van der Waals surface area contributed by atoms with E-state index >= 15 is 0 Å². The lowest BCUT2D eigenvalue weighted by molar-refractivity contribution is 0.122. The molecule has 1 N–H and O–H groups in total. The molecular weight excluding hydrogens is 318 g/mol. The number of nitrogens with zero attached hydrogens (tertiary/aromatic N) is 4. The number of aromatic nitrogens is 3. The van der Waals surface area contributed by atoms with Gasteiger partial charge in [-0.15, -0.1) is 0 Å². The summed E-state index contributed by atoms with van der Waals surface area (Å²) in [5, 5.41) is 3.33. The number of rotatable bonds is 7. The minimum Gasteiger partial charge on any atom is -0.477 e. The Hall–Kier alpha value is -2.41. The summed E-state index contributed by atoms with van der Waals surface area (Å²) in [5.41, 5.74) is 1.09. The second-order valence-electron chi connectivity index (χ2n) is 6.47. The maximum atomic E-state index is 5.66. The van der Waals surface area contributed by atoms with Crippen molar-refractivity contribution < 1.29 is 9.47 Å². The quantitative estimate of drug-likeness (QED) is 0.827. The second kappa shape index (κ2) is 7.65. The Labute approximate surface area is 147 Å². The van der Waals surface area contributed by atoms with Crippen LogP contribution in [0.5, 0.6) is 5.88 Å². The van der Waals surface area contributed by atoms with Crippen molar-refractivity contribution in [3.05, 3.63) is 36.3 Å². The first-order chi connectivity index (χ1) is 12.4. The molecule has 1 aliphatic carbocycles. The Balaban J connectivity index is 1.31. The van der Waals surface area contributed by atoms with E-state index in [4.69, 9.17) is 9.47 Å². The van der Waals surface area contributed by atoms with Crippen molar-refractivity contribution in [1.82, 2.24) is 15.0 Å². The van der Waals surface area contributed by atoms with Gasteiger partial charge < -0.3 is 19.7 Å². The Bertz CT molecular complexity index is 684. The first-order valence-electron chi connectivity index (χ1n) is 8.83. The van der Waals surface area contributed by atoms with E-state index in [0.717, 1.165) is 56.0 Å². The van der Waals surface area contributed by atoms with Gasteiger partial charge in [-0.05, 0) is 24.3 Å². The first kappa shape index (κ1) is 16.1. The van der Waals surface area contributed by atoms with E-state index in [1.807, 2.05) is 24.4 Å². The fourth-order valence-corrected chi connectivity index (χ4v) is 2.69. The van der Waals surface area contributed by atoms with Crippen molar-refractivity contribution in [2.24, 2.45) is 5.92 Å². The number of hydrogen-bond acceptors (Lipinski definition) is 7. The Kier molecular flexibility index (Phi) is 4.92. The fourth-order valence-electron chi connectivity index (χ4n) is 2.69. The maximum absolute atomic E-state index is 5.66. The minimum atomic E-state index is 0.662. The summed E-state index contributed by atoms with van der Waals surface area (Å²) in [6, 6.07) is 5.94. The molecule has 2 aromatic rings. The summed E-state index contributed by atoms with van der Waals surface area (Å²) in [4.78, 5) is 15.2. The number of anilines is 2. The van der Waals surface area contributed by atoms with Crippen LogP contribution in [-0.2, 0) is 11.3 Å². The summed E-state index contributed by atoms with van der Waals surface area (Å²) < 4.78 is 11.0. The van der Waals surface area contributed by atoms with Crippen molar-refractivity contribution in [3.8, 4) is 5.88 Å². The van der Waals surface area contributed by atoms with Gasteiger partial charge in [-0.3, -0.25) is 0 Å². The van der Waals surface area contributed by atoms with Crippen LogP contribution in [0.2, 0.25) is 0 Å². The molecule has 0 atom stereocenters. The number of morpholine rings is 1. The van der Waals surface area contributed by atoms with Crippen LogP contribution >= 0.6 is 0 Å². The highest BCUT2D eigenvalue weighted by Gasteiger charge is 2.22. The van der Waals surface area contributed by atoms with E-state index in [1.54, 1.807) is 6.33 Å². The van der Waals surface area contributed by atoms with E-state index in [-0.39, 0.29) is 0 Å². The molecule has 132 valence electrons. The highest BCUT2D eigenvalue weighted by molar-refractivity contribution is 5.48. The monoisotopic (exact) mass is 341 g/mol. The lowest BCUT2D eigenvalue weighted by atomic mass is 10.3. The second-order valence-corrected chi connectivity index (χ2v) is 6.47. The standard InChI is InChI=1S/C18H23N5O2/c1-2-14(1)12-25-18-4-3-15(11-20-18)10-19-16-9-17(22-13-21-16)23-5-7-24-8-6-23/h3-4,9,11,13-14H,1-2,5-8,10,12H2,(H,19,21,22). The average molecular weight is 341 g/mol. The third-order valence-corrected chi connectivity index (χ3v) is 4.42. The van der Waals surface area contributed by atoms with Crippen LogP contribution in [0.4, 0.5) is 11.6 Å². The zero-order chi connectivity index (χ0) is 16.9. The Morgan fingerprint density at radius 1 is 1.16 bits per heavy atom. The number of ether oxygens (including phenoxy) is 2. The summed E-state index contributed by atoms with van der Waals surface area (Å²) in [7, 11) is 0. The van der Waals surface area contributed by atoms with Gasteiger partial charge in [-0.2, -0.15) is 0 Å². The molecule has 0 aromatic carbocycles. The molecule has 3 heterocycles. The van der Waals surface area contributed by atoms with Gasteiger partial charge in [0.15, 0.2) is 0 Å². The van der Waals surface area contributed by atoms with Crippen LogP contribution in [-0.4, -0.2) is 47.9 Å². The van der Waals surface area contributed by atoms with Crippen molar-refractivity contribution in [3.63, 3.8) is 0 Å². The molecule has 0 unspecified atom stereocenters. The summed E-state index contributed by atoms with van der Waals surface area (Å²) in [5.74, 6) is 3.18.